The van der Waals surface area contributed by atoms with Crippen LogP contribution in [-0.4, -0.2) is 55.3 Å². The highest BCUT2D eigenvalue weighted by molar-refractivity contribution is 7.90. The van der Waals surface area contributed by atoms with Crippen molar-refractivity contribution >= 4 is 33.8 Å². The standard InChI is InChI=1S/C32H33N5O9S/c1-5-6-20-15-22(29(38)34-32-33-28(35-36-32)31(40)43-4)10-13-24(20)46-27(21-9-14-25-26(16-21)45-17-44-25)30(39)37-47(41,42)23-11-7-19(8-12-23)18(2)3/h7-16,18,27H,5-6,17H2,1-4H3,(H,37,39)(H2,33,34,35,36,38). The summed E-state index contributed by atoms with van der Waals surface area (Å²) in [6.07, 6.45) is -0.319. The number of hydrogen-bond donors (Lipinski definition) is 3. The second-order valence-corrected chi connectivity index (χ2v) is 12.5. The molecule has 0 radical (unpaired) electrons. The number of aromatic amines is 1. The number of rotatable bonds is 12. The normalized spacial score (nSPS) is 12.8. The van der Waals surface area contributed by atoms with Crippen molar-refractivity contribution in [3.05, 3.63) is 88.7 Å². The van der Waals surface area contributed by atoms with Gasteiger partial charge in [-0.2, -0.15) is 4.98 Å². The Morgan fingerprint density at radius 1 is 0.979 bits per heavy atom. The number of ether oxygens (including phenoxy) is 4. The minimum absolute atomic E-state index is 0.000763. The van der Waals surface area contributed by atoms with Gasteiger partial charge < -0.3 is 18.9 Å². The van der Waals surface area contributed by atoms with Crippen LogP contribution in [0.15, 0.2) is 65.6 Å². The van der Waals surface area contributed by atoms with E-state index < -0.39 is 33.9 Å². The lowest BCUT2D eigenvalue weighted by atomic mass is 10.0. The van der Waals surface area contributed by atoms with Crippen LogP contribution in [0, 0.1) is 0 Å². The molecular formula is C32H33N5O9S. The van der Waals surface area contributed by atoms with E-state index in [1.807, 2.05) is 20.8 Å². The van der Waals surface area contributed by atoms with Crippen LogP contribution in [0.25, 0.3) is 0 Å². The van der Waals surface area contributed by atoms with E-state index >= 15 is 0 Å². The van der Waals surface area contributed by atoms with E-state index in [0.29, 0.717) is 35.5 Å². The Labute approximate surface area is 270 Å². The first-order valence-electron chi connectivity index (χ1n) is 14.7. The molecule has 47 heavy (non-hydrogen) atoms. The monoisotopic (exact) mass is 663 g/mol. The molecule has 1 atom stereocenters. The van der Waals surface area contributed by atoms with Gasteiger partial charge in [-0.05, 0) is 65.9 Å². The molecule has 1 unspecified atom stereocenters. The van der Waals surface area contributed by atoms with Crippen LogP contribution >= 0.6 is 0 Å². The zero-order valence-corrected chi connectivity index (χ0v) is 26.8. The van der Waals surface area contributed by atoms with E-state index in [4.69, 9.17) is 14.2 Å². The summed E-state index contributed by atoms with van der Waals surface area (Å²) in [7, 11) is -3.08. The maximum atomic E-state index is 13.7. The van der Waals surface area contributed by atoms with Gasteiger partial charge in [0.15, 0.2) is 11.5 Å². The lowest BCUT2D eigenvalue weighted by Gasteiger charge is -2.22. The number of aromatic nitrogens is 3. The second-order valence-electron chi connectivity index (χ2n) is 10.8. The predicted molar refractivity (Wildman–Crippen MR) is 168 cm³/mol. The molecule has 4 aromatic rings. The first-order chi connectivity index (χ1) is 22.5. The van der Waals surface area contributed by atoms with E-state index in [-0.39, 0.29) is 40.7 Å². The van der Waals surface area contributed by atoms with Crippen molar-refractivity contribution in [1.29, 1.82) is 0 Å². The van der Waals surface area contributed by atoms with Gasteiger partial charge in [0.25, 0.3) is 21.8 Å². The number of H-pyrrole nitrogens is 1. The van der Waals surface area contributed by atoms with Gasteiger partial charge in [-0.3, -0.25) is 20.0 Å². The number of fused-ring (bicyclic) bond motifs is 1. The highest BCUT2D eigenvalue weighted by Crippen LogP contribution is 2.36. The van der Waals surface area contributed by atoms with Crippen molar-refractivity contribution in [3.8, 4) is 17.2 Å². The Morgan fingerprint density at radius 2 is 1.70 bits per heavy atom. The smallest absolute Gasteiger partial charge is 0.375 e. The summed E-state index contributed by atoms with van der Waals surface area (Å²) in [5.41, 5.74) is 2.06. The van der Waals surface area contributed by atoms with Crippen molar-refractivity contribution in [2.45, 2.75) is 50.5 Å². The summed E-state index contributed by atoms with van der Waals surface area (Å²) in [4.78, 5) is 42.2. The number of methoxy groups -OCH3 is 1. The van der Waals surface area contributed by atoms with Crippen molar-refractivity contribution in [2.24, 2.45) is 0 Å². The highest BCUT2D eigenvalue weighted by atomic mass is 32.2. The number of esters is 1. The number of benzene rings is 3. The van der Waals surface area contributed by atoms with E-state index in [9.17, 15) is 22.8 Å². The maximum absolute atomic E-state index is 13.7. The first kappa shape index (κ1) is 32.9. The lowest BCUT2D eigenvalue weighted by Crippen LogP contribution is -2.37. The zero-order chi connectivity index (χ0) is 33.7. The summed E-state index contributed by atoms with van der Waals surface area (Å²) in [5, 5.41) is 8.69. The third kappa shape index (κ3) is 7.52. The highest BCUT2D eigenvalue weighted by Gasteiger charge is 2.30. The molecule has 0 saturated heterocycles. The lowest BCUT2D eigenvalue weighted by molar-refractivity contribution is -0.126. The second kappa shape index (κ2) is 13.9. The number of sulfonamides is 1. The number of carbonyl (C=O) groups excluding carboxylic acids is 3. The van der Waals surface area contributed by atoms with Crippen LogP contribution in [0.5, 0.6) is 17.2 Å². The molecule has 1 aromatic heterocycles. The molecular weight excluding hydrogens is 630 g/mol. The van der Waals surface area contributed by atoms with Gasteiger partial charge in [0.05, 0.1) is 12.0 Å². The first-order valence-corrected chi connectivity index (χ1v) is 16.1. The fourth-order valence-electron chi connectivity index (χ4n) is 4.73. The zero-order valence-electron chi connectivity index (χ0n) is 26.0. The fourth-order valence-corrected chi connectivity index (χ4v) is 5.72. The van der Waals surface area contributed by atoms with Gasteiger partial charge in [-0.15, -0.1) is 5.10 Å². The summed E-state index contributed by atoms with van der Waals surface area (Å²) in [6, 6.07) is 15.6. The van der Waals surface area contributed by atoms with Crippen molar-refractivity contribution in [1.82, 2.24) is 19.9 Å². The Morgan fingerprint density at radius 3 is 2.40 bits per heavy atom. The Kier molecular flexibility index (Phi) is 9.75. The Balaban J connectivity index is 1.43. The largest absolute Gasteiger partial charge is 0.475 e. The molecule has 5 rings (SSSR count). The summed E-state index contributed by atoms with van der Waals surface area (Å²) < 4.78 is 50.4. The summed E-state index contributed by atoms with van der Waals surface area (Å²) in [6.45, 7) is 5.91. The van der Waals surface area contributed by atoms with Gasteiger partial charge in [0.2, 0.25) is 24.7 Å². The number of aryl methyl sites for hydroxylation is 1. The van der Waals surface area contributed by atoms with E-state index in [2.05, 4.69) is 30.0 Å². The van der Waals surface area contributed by atoms with Crippen LogP contribution in [0.3, 0.4) is 0 Å². The van der Waals surface area contributed by atoms with Crippen LogP contribution < -0.4 is 24.2 Å². The molecule has 0 aliphatic carbocycles. The Hall–Kier alpha value is -5.44. The van der Waals surface area contributed by atoms with Crippen LogP contribution in [0.4, 0.5) is 5.95 Å². The van der Waals surface area contributed by atoms with Crippen molar-refractivity contribution in [2.75, 3.05) is 19.2 Å². The molecule has 2 amide bonds. The number of carbonyl (C=O) groups is 3. The number of nitrogens with zero attached hydrogens (tertiary/aromatic N) is 2. The Bertz CT molecular complexity index is 1910. The van der Waals surface area contributed by atoms with Crippen LogP contribution in [0.1, 0.15) is 76.9 Å². The van der Waals surface area contributed by atoms with Gasteiger partial charge in [0, 0.05) is 11.1 Å². The molecule has 0 bridgehead atoms. The average Bonchev–Trinajstić information content (AvgIpc) is 3.73. The van der Waals surface area contributed by atoms with Crippen LogP contribution in [-0.2, 0) is 26.0 Å². The minimum atomic E-state index is -4.26. The van der Waals surface area contributed by atoms with Gasteiger partial charge in [-0.25, -0.2) is 17.9 Å². The van der Waals surface area contributed by atoms with Crippen molar-refractivity contribution < 1.29 is 41.7 Å². The molecule has 15 heteroatoms. The number of anilines is 1. The average molecular weight is 664 g/mol. The fraction of sp³-hybridized carbons (Fsp3) is 0.281. The molecule has 3 N–H and O–H groups in total. The van der Waals surface area contributed by atoms with Gasteiger partial charge in [0.1, 0.15) is 5.75 Å². The molecule has 0 fully saturated rings. The molecule has 1 aliphatic heterocycles. The predicted octanol–water partition coefficient (Wildman–Crippen LogP) is 4.27. The molecule has 0 spiro atoms. The summed E-state index contributed by atoms with van der Waals surface area (Å²) >= 11 is 0. The quantitative estimate of drug-likeness (QED) is 0.184. The van der Waals surface area contributed by atoms with E-state index in [1.54, 1.807) is 36.4 Å². The molecule has 14 nitrogen and oxygen atoms in total. The van der Waals surface area contributed by atoms with Crippen LogP contribution in [0.2, 0.25) is 0 Å². The third-order valence-corrected chi connectivity index (χ3v) is 8.57. The van der Waals surface area contributed by atoms with Crippen molar-refractivity contribution in [3.63, 3.8) is 0 Å². The van der Waals surface area contributed by atoms with Gasteiger partial charge >= 0.3 is 5.97 Å². The third-order valence-electron chi connectivity index (χ3n) is 7.21. The maximum Gasteiger partial charge on any atom is 0.375 e. The molecule has 1 aliphatic rings. The number of nitrogens with one attached hydrogen (secondary N) is 3. The SMILES string of the molecule is CCCc1cc(C(=O)Nc2n[nH]c(C(=O)OC)n2)ccc1OC(C(=O)NS(=O)(=O)c1ccc(C(C)C)cc1)c1ccc2c(c1)OCO2. The molecule has 2 heterocycles. The van der Waals surface area contributed by atoms with E-state index in [0.717, 1.165) is 5.56 Å². The number of hydrogen-bond acceptors (Lipinski definition) is 11. The molecule has 3 aromatic carbocycles. The van der Waals surface area contributed by atoms with E-state index in [1.165, 1.54) is 31.4 Å². The number of amides is 2. The molecule has 0 saturated carbocycles. The van der Waals surface area contributed by atoms with Gasteiger partial charge in [-0.1, -0.05) is 45.4 Å². The topological polar surface area (TPSA) is 188 Å². The summed E-state index contributed by atoms with van der Waals surface area (Å²) in [5.74, 6) is -1.27. The molecule has 246 valence electrons. The minimum Gasteiger partial charge on any atom is -0.475 e.